The molecule has 0 radical (unpaired) electrons. The van der Waals surface area contributed by atoms with Crippen LogP contribution < -0.4 is 4.74 Å². The van der Waals surface area contributed by atoms with Gasteiger partial charge in [-0.3, -0.25) is 0 Å². The number of rotatable bonds is 5. The minimum atomic E-state index is 0.871. The van der Waals surface area contributed by atoms with E-state index in [4.69, 9.17) is 4.74 Å². The van der Waals surface area contributed by atoms with Crippen LogP contribution in [-0.2, 0) is 0 Å². The maximum atomic E-state index is 5.26. The molecule has 1 aromatic heterocycles. The van der Waals surface area contributed by atoms with E-state index in [1.807, 2.05) is 18.2 Å². The minimum Gasteiger partial charge on any atom is -0.497 e. The third-order valence-corrected chi connectivity index (χ3v) is 6.62. The molecule has 0 saturated carbocycles. The maximum Gasteiger partial charge on any atom is 0.118 e. The maximum absolute atomic E-state index is 5.26. The number of methoxy groups -OCH3 is 1. The SMILES string of the molecule is COc1ccc(-c2sc(-c3ccc(C=Cc4ccccc4)cc3)cc2Br)cc1. The first-order valence-electron chi connectivity index (χ1n) is 9.00. The first-order chi connectivity index (χ1) is 13.7. The van der Waals surface area contributed by atoms with Crippen LogP contribution in [0.3, 0.4) is 0 Å². The van der Waals surface area contributed by atoms with Gasteiger partial charge in [0.25, 0.3) is 0 Å². The van der Waals surface area contributed by atoms with Crippen molar-refractivity contribution in [3.63, 3.8) is 0 Å². The first kappa shape index (κ1) is 18.7. The van der Waals surface area contributed by atoms with Gasteiger partial charge in [0.15, 0.2) is 0 Å². The molecule has 0 saturated heterocycles. The lowest BCUT2D eigenvalue weighted by atomic mass is 10.1. The third-order valence-electron chi connectivity index (χ3n) is 4.50. The largest absolute Gasteiger partial charge is 0.497 e. The zero-order valence-electron chi connectivity index (χ0n) is 15.4. The molecule has 28 heavy (non-hydrogen) atoms. The molecule has 0 amide bonds. The van der Waals surface area contributed by atoms with Crippen molar-refractivity contribution in [2.45, 2.75) is 0 Å². The zero-order valence-corrected chi connectivity index (χ0v) is 17.8. The van der Waals surface area contributed by atoms with Gasteiger partial charge in [-0.1, -0.05) is 66.7 Å². The monoisotopic (exact) mass is 446 g/mol. The van der Waals surface area contributed by atoms with Crippen molar-refractivity contribution in [2.75, 3.05) is 7.11 Å². The van der Waals surface area contributed by atoms with Crippen molar-refractivity contribution in [1.29, 1.82) is 0 Å². The molecule has 0 N–H and O–H groups in total. The van der Waals surface area contributed by atoms with Gasteiger partial charge in [-0.25, -0.2) is 0 Å². The van der Waals surface area contributed by atoms with Gasteiger partial charge < -0.3 is 4.74 Å². The fraction of sp³-hybridized carbons (Fsp3) is 0.0400. The fourth-order valence-corrected chi connectivity index (χ4v) is 4.88. The predicted octanol–water partition coefficient (Wildman–Crippen LogP) is 8.02. The molecular weight excluding hydrogens is 428 g/mol. The van der Waals surface area contributed by atoms with E-state index < -0.39 is 0 Å². The van der Waals surface area contributed by atoms with E-state index in [1.165, 1.54) is 32.0 Å². The van der Waals surface area contributed by atoms with Crippen molar-refractivity contribution in [2.24, 2.45) is 0 Å². The summed E-state index contributed by atoms with van der Waals surface area (Å²) in [6, 6.07) is 29.4. The summed E-state index contributed by atoms with van der Waals surface area (Å²) in [5.74, 6) is 0.871. The number of hydrogen-bond acceptors (Lipinski definition) is 2. The normalized spacial score (nSPS) is 11.1. The van der Waals surface area contributed by atoms with Crippen LogP contribution in [0.2, 0.25) is 0 Å². The smallest absolute Gasteiger partial charge is 0.118 e. The van der Waals surface area contributed by atoms with Gasteiger partial charge in [0.2, 0.25) is 0 Å². The molecule has 0 bridgehead atoms. The van der Waals surface area contributed by atoms with Crippen LogP contribution >= 0.6 is 27.3 Å². The van der Waals surface area contributed by atoms with E-state index in [0.717, 1.165) is 10.2 Å². The van der Waals surface area contributed by atoms with Crippen molar-refractivity contribution in [1.82, 2.24) is 0 Å². The molecule has 4 rings (SSSR count). The first-order valence-corrected chi connectivity index (χ1v) is 10.6. The second-order valence-electron chi connectivity index (χ2n) is 6.38. The Hall–Kier alpha value is -2.62. The van der Waals surface area contributed by atoms with Gasteiger partial charge >= 0.3 is 0 Å². The van der Waals surface area contributed by atoms with Crippen LogP contribution in [0.5, 0.6) is 5.75 Å². The van der Waals surface area contributed by atoms with Gasteiger partial charge in [0.1, 0.15) is 5.75 Å². The summed E-state index contributed by atoms with van der Waals surface area (Å²) in [6.07, 6.45) is 4.28. The molecule has 4 aromatic rings. The van der Waals surface area contributed by atoms with Crippen LogP contribution in [0.25, 0.3) is 33.0 Å². The quantitative estimate of drug-likeness (QED) is 0.282. The standard InChI is InChI=1S/C25H19BrOS/c1-27-22-15-13-21(14-16-22)25-23(26)17-24(28-25)20-11-9-19(10-12-20)8-7-18-5-3-2-4-6-18/h2-17H,1H3. The van der Waals surface area contributed by atoms with Crippen molar-refractivity contribution >= 4 is 39.4 Å². The molecule has 3 aromatic carbocycles. The van der Waals surface area contributed by atoms with Gasteiger partial charge in [-0.2, -0.15) is 0 Å². The molecule has 0 unspecified atom stereocenters. The van der Waals surface area contributed by atoms with Crippen LogP contribution in [0.15, 0.2) is 89.4 Å². The van der Waals surface area contributed by atoms with E-state index in [9.17, 15) is 0 Å². The van der Waals surface area contributed by atoms with Gasteiger partial charge in [-0.15, -0.1) is 11.3 Å². The van der Waals surface area contributed by atoms with Crippen LogP contribution in [0.4, 0.5) is 0 Å². The Labute approximate surface area is 178 Å². The molecule has 3 heteroatoms. The predicted molar refractivity (Wildman–Crippen MR) is 125 cm³/mol. The molecule has 1 nitrogen and oxygen atoms in total. The Balaban J connectivity index is 1.55. The summed E-state index contributed by atoms with van der Waals surface area (Å²) >= 11 is 5.51. The highest BCUT2D eigenvalue weighted by molar-refractivity contribution is 9.10. The highest BCUT2D eigenvalue weighted by Gasteiger charge is 2.11. The summed E-state index contributed by atoms with van der Waals surface area (Å²) < 4.78 is 6.37. The Bertz CT molecular complexity index is 1080. The van der Waals surface area contributed by atoms with E-state index in [0.29, 0.717) is 0 Å². The summed E-state index contributed by atoms with van der Waals surface area (Å²) in [5, 5.41) is 0. The van der Waals surface area contributed by atoms with Crippen molar-refractivity contribution in [3.8, 4) is 26.6 Å². The average Bonchev–Trinajstić information content (AvgIpc) is 3.15. The fourth-order valence-electron chi connectivity index (χ4n) is 2.97. The van der Waals surface area contributed by atoms with Gasteiger partial charge in [-0.05, 0) is 68.5 Å². The molecule has 1 heterocycles. The summed E-state index contributed by atoms with van der Waals surface area (Å²) in [7, 11) is 1.69. The third kappa shape index (κ3) is 4.27. The summed E-state index contributed by atoms with van der Waals surface area (Å²) in [6.45, 7) is 0. The van der Waals surface area contributed by atoms with Crippen molar-refractivity contribution in [3.05, 3.63) is 101 Å². The summed E-state index contributed by atoms with van der Waals surface area (Å²) in [5.41, 5.74) is 4.81. The minimum absolute atomic E-state index is 0.871. The number of benzene rings is 3. The van der Waals surface area contributed by atoms with Crippen molar-refractivity contribution < 1.29 is 4.74 Å². The van der Waals surface area contributed by atoms with Crippen LogP contribution in [0, 0.1) is 0 Å². The molecule has 138 valence electrons. The van der Waals surface area contributed by atoms with E-state index in [2.05, 4.69) is 94.8 Å². The van der Waals surface area contributed by atoms with Crippen LogP contribution in [0.1, 0.15) is 11.1 Å². The van der Waals surface area contributed by atoms with Crippen LogP contribution in [-0.4, -0.2) is 7.11 Å². The topological polar surface area (TPSA) is 9.23 Å². The Morgan fingerprint density at radius 2 is 1.36 bits per heavy atom. The molecule has 0 aliphatic heterocycles. The number of thiophene rings is 1. The van der Waals surface area contributed by atoms with E-state index >= 15 is 0 Å². The highest BCUT2D eigenvalue weighted by atomic mass is 79.9. The Kier molecular flexibility index (Phi) is 5.75. The average molecular weight is 447 g/mol. The number of halogens is 1. The zero-order chi connectivity index (χ0) is 19.3. The molecular formula is C25H19BrOS. The number of ether oxygens (including phenoxy) is 1. The van der Waals surface area contributed by atoms with E-state index in [1.54, 1.807) is 18.4 Å². The van der Waals surface area contributed by atoms with Gasteiger partial charge in [0, 0.05) is 14.2 Å². The van der Waals surface area contributed by atoms with Gasteiger partial charge in [0.05, 0.1) is 7.11 Å². The molecule has 0 atom stereocenters. The molecule has 0 fully saturated rings. The number of hydrogen-bond donors (Lipinski definition) is 0. The second-order valence-corrected chi connectivity index (χ2v) is 8.29. The lowest BCUT2D eigenvalue weighted by Crippen LogP contribution is -1.81. The Morgan fingerprint density at radius 1 is 0.750 bits per heavy atom. The molecule has 0 spiro atoms. The lowest BCUT2D eigenvalue weighted by molar-refractivity contribution is 0.415. The lowest BCUT2D eigenvalue weighted by Gasteiger charge is -2.02. The highest BCUT2D eigenvalue weighted by Crippen LogP contribution is 2.41. The van der Waals surface area contributed by atoms with E-state index in [-0.39, 0.29) is 0 Å². The molecule has 0 aliphatic carbocycles. The molecule has 0 aliphatic rings. The second kappa shape index (κ2) is 8.59. The summed E-state index contributed by atoms with van der Waals surface area (Å²) in [4.78, 5) is 2.47. The Morgan fingerprint density at radius 3 is 2.00 bits per heavy atom.